The summed E-state index contributed by atoms with van der Waals surface area (Å²) in [5.74, 6) is 0.0458. The van der Waals surface area contributed by atoms with E-state index >= 15 is 0 Å². The molecule has 2 saturated heterocycles. The normalized spacial score (nSPS) is 25.2. The summed E-state index contributed by atoms with van der Waals surface area (Å²) in [7, 11) is 0. The first-order valence-electron chi connectivity index (χ1n) is 6.25. The summed E-state index contributed by atoms with van der Waals surface area (Å²) < 4.78 is 0. The van der Waals surface area contributed by atoms with Gasteiger partial charge in [-0.2, -0.15) is 0 Å². The van der Waals surface area contributed by atoms with Crippen LogP contribution in [0.25, 0.3) is 0 Å². The Balaban J connectivity index is 1.81. The monoisotopic (exact) mass is 240 g/mol. The van der Waals surface area contributed by atoms with Crippen molar-refractivity contribution in [2.75, 3.05) is 26.2 Å². The van der Waals surface area contributed by atoms with Gasteiger partial charge in [0.25, 0.3) is 0 Å². The van der Waals surface area contributed by atoms with E-state index in [1.165, 1.54) is 0 Å². The standard InChI is InChI=1S/C12H20N2O3/c1-8(2)9-3-4-13(5-9)12(17)14-6-10(7-14)11(15)16/h8-10H,3-7H2,1-2H3,(H,15,16). The van der Waals surface area contributed by atoms with Crippen LogP contribution < -0.4 is 0 Å². The maximum atomic E-state index is 12.0. The minimum Gasteiger partial charge on any atom is -0.481 e. The van der Waals surface area contributed by atoms with Gasteiger partial charge in [0.05, 0.1) is 5.92 Å². The molecule has 17 heavy (non-hydrogen) atoms. The van der Waals surface area contributed by atoms with Gasteiger partial charge >= 0.3 is 12.0 Å². The van der Waals surface area contributed by atoms with E-state index in [-0.39, 0.29) is 11.9 Å². The van der Waals surface area contributed by atoms with Gasteiger partial charge in [-0.3, -0.25) is 4.79 Å². The lowest BCUT2D eigenvalue weighted by atomic mass is 9.95. The van der Waals surface area contributed by atoms with Crippen LogP contribution in [-0.4, -0.2) is 53.1 Å². The van der Waals surface area contributed by atoms with Gasteiger partial charge in [0.1, 0.15) is 0 Å². The molecule has 0 bridgehead atoms. The molecule has 2 aliphatic rings. The molecule has 96 valence electrons. The molecule has 1 unspecified atom stereocenters. The number of carboxylic acid groups (broad SMARTS) is 1. The smallest absolute Gasteiger partial charge is 0.320 e. The largest absolute Gasteiger partial charge is 0.481 e. The van der Waals surface area contributed by atoms with Gasteiger partial charge in [-0.25, -0.2) is 4.79 Å². The van der Waals surface area contributed by atoms with Crippen molar-refractivity contribution in [3.63, 3.8) is 0 Å². The van der Waals surface area contributed by atoms with Crippen molar-refractivity contribution in [3.05, 3.63) is 0 Å². The average Bonchev–Trinajstić information content (AvgIpc) is 2.62. The Bertz CT molecular complexity index is 324. The van der Waals surface area contributed by atoms with E-state index in [0.717, 1.165) is 19.5 Å². The van der Waals surface area contributed by atoms with Crippen LogP contribution in [0.1, 0.15) is 20.3 Å². The molecule has 2 heterocycles. The average molecular weight is 240 g/mol. The summed E-state index contributed by atoms with van der Waals surface area (Å²) in [6, 6.07) is 0.0191. The fourth-order valence-corrected chi connectivity index (χ4v) is 2.50. The lowest BCUT2D eigenvalue weighted by molar-refractivity contribution is -0.146. The van der Waals surface area contributed by atoms with Crippen molar-refractivity contribution < 1.29 is 14.7 Å². The van der Waals surface area contributed by atoms with Crippen LogP contribution >= 0.6 is 0 Å². The Hall–Kier alpha value is -1.26. The molecule has 0 radical (unpaired) electrons. The SMILES string of the molecule is CC(C)C1CCN(C(=O)N2CC(C(=O)O)C2)C1. The number of aliphatic carboxylic acids is 1. The van der Waals surface area contributed by atoms with Crippen LogP contribution in [0.15, 0.2) is 0 Å². The Morgan fingerprint density at radius 3 is 2.29 bits per heavy atom. The molecule has 0 aromatic rings. The molecule has 5 heteroatoms. The number of rotatable bonds is 2. The van der Waals surface area contributed by atoms with Gasteiger partial charge in [-0.1, -0.05) is 13.8 Å². The molecule has 0 saturated carbocycles. The number of hydrogen-bond acceptors (Lipinski definition) is 2. The Morgan fingerprint density at radius 2 is 1.82 bits per heavy atom. The lowest BCUT2D eigenvalue weighted by Gasteiger charge is -2.39. The third-order valence-corrected chi connectivity index (χ3v) is 3.94. The number of carboxylic acids is 1. The van der Waals surface area contributed by atoms with Gasteiger partial charge in [0.15, 0.2) is 0 Å². The highest BCUT2D eigenvalue weighted by atomic mass is 16.4. The van der Waals surface area contributed by atoms with Crippen molar-refractivity contribution in [2.45, 2.75) is 20.3 Å². The van der Waals surface area contributed by atoms with Gasteiger partial charge in [-0.05, 0) is 18.3 Å². The molecule has 2 rings (SSSR count). The van der Waals surface area contributed by atoms with E-state index in [1.54, 1.807) is 4.90 Å². The minimum absolute atomic E-state index is 0.0191. The van der Waals surface area contributed by atoms with Gasteiger partial charge in [0.2, 0.25) is 0 Å². The van der Waals surface area contributed by atoms with E-state index in [0.29, 0.717) is 24.9 Å². The highest BCUT2D eigenvalue weighted by molar-refractivity contribution is 5.80. The fourth-order valence-electron chi connectivity index (χ4n) is 2.50. The first-order valence-corrected chi connectivity index (χ1v) is 6.25. The second-order valence-corrected chi connectivity index (χ2v) is 5.46. The molecule has 1 N–H and O–H groups in total. The number of nitrogens with zero attached hydrogens (tertiary/aromatic N) is 2. The first-order chi connectivity index (χ1) is 7.99. The Labute approximate surface area is 101 Å². The van der Waals surface area contributed by atoms with E-state index in [9.17, 15) is 9.59 Å². The summed E-state index contributed by atoms with van der Waals surface area (Å²) in [6.07, 6.45) is 1.07. The minimum atomic E-state index is -0.796. The molecule has 0 spiro atoms. The Morgan fingerprint density at radius 1 is 1.18 bits per heavy atom. The van der Waals surface area contributed by atoms with Crippen LogP contribution in [0.2, 0.25) is 0 Å². The second kappa shape index (κ2) is 4.55. The summed E-state index contributed by atoms with van der Waals surface area (Å²) in [4.78, 5) is 26.2. The Kier molecular flexibility index (Phi) is 3.26. The summed E-state index contributed by atoms with van der Waals surface area (Å²) in [6.45, 7) is 6.75. The molecule has 5 nitrogen and oxygen atoms in total. The zero-order valence-corrected chi connectivity index (χ0v) is 10.4. The van der Waals surface area contributed by atoms with Gasteiger partial charge in [0, 0.05) is 26.2 Å². The van der Waals surface area contributed by atoms with Crippen molar-refractivity contribution in [2.24, 2.45) is 17.8 Å². The van der Waals surface area contributed by atoms with Crippen LogP contribution in [-0.2, 0) is 4.79 Å². The van der Waals surface area contributed by atoms with Crippen LogP contribution in [0.5, 0.6) is 0 Å². The van der Waals surface area contributed by atoms with E-state index < -0.39 is 5.97 Å². The number of amides is 2. The van der Waals surface area contributed by atoms with E-state index in [2.05, 4.69) is 13.8 Å². The topological polar surface area (TPSA) is 60.9 Å². The maximum Gasteiger partial charge on any atom is 0.320 e. The molecular formula is C12H20N2O3. The third-order valence-electron chi connectivity index (χ3n) is 3.94. The maximum absolute atomic E-state index is 12.0. The number of likely N-dealkylation sites (tertiary alicyclic amines) is 2. The van der Waals surface area contributed by atoms with Crippen molar-refractivity contribution in [1.82, 2.24) is 9.80 Å². The molecular weight excluding hydrogens is 220 g/mol. The molecule has 0 aliphatic carbocycles. The van der Waals surface area contributed by atoms with Crippen LogP contribution in [0, 0.1) is 17.8 Å². The highest BCUT2D eigenvalue weighted by Crippen LogP contribution is 2.26. The van der Waals surface area contributed by atoms with Crippen molar-refractivity contribution in [1.29, 1.82) is 0 Å². The second-order valence-electron chi connectivity index (χ2n) is 5.46. The zero-order chi connectivity index (χ0) is 12.6. The molecule has 2 aliphatic heterocycles. The molecule has 2 amide bonds. The third kappa shape index (κ3) is 2.37. The molecule has 0 aromatic carbocycles. The van der Waals surface area contributed by atoms with E-state index in [4.69, 9.17) is 5.11 Å². The van der Waals surface area contributed by atoms with Crippen LogP contribution in [0.3, 0.4) is 0 Å². The van der Waals surface area contributed by atoms with E-state index in [1.807, 2.05) is 4.90 Å². The predicted molar refractivity (Wildman–Crippen MR) is 62.6 cm³/mol. The number of carbonyl (C=O) groups excluding carboxylic acids is 1. The first kappa shape index (κ1) is 12.2. The number of carbonyl (C=O) groups is 2. The summed E-state index contributed by atoms with van der Waals surface area (Å²) in [5.41, 5.74) is 0. The number of hydrogen-bond donors (Lipinski definition) is 1. The zero-order valence-electron chi connectivity index (χ0n) is 10.4. The van der Waals surface area contributed by atoms with Crippen LogP contribution in [0.4, 0.5) is 4.79 Å². The summed E-state index contributed by atoms with van der Waals surface area (Å²) in [5, 5.41) is 8.76. The van der Waals surface area contributed by atoms with Gasteiger partial charge < -0.3 is 14.9 Å². The fraction of sp³-hybridized carbons (Fsp3) is 0.833. The summed E-state index contributed by atoms with van der Waals surface area (Å²) >= 11 is 0. The highest BCUT2D eigenvalue weighted by Gasteiger charge is 2.39. The van der Waals surface area contributed by atoms with Gasteiger partial charge in [-0.15, -0.1) is 0 Å². The van der Waals surface area contributed by atoms with Crippen molar-refractivity contribution in [3.8, 4) is 0 Å². The quantitative estimate of drug-likeness (QED) is 0.786. The molecule has 2 fully saturated rings. The molecule has 0 aromatic heterocycles. The predicted octanol–water partition coefficient (Wildman–Crippen LogP) is 1.10. The van der Waals surface area contributed by atoms with Crippen molar-refractivity contribution >= 4 is 12.0 Å². The lowest BCUT2D eigenvalue weighted by Crippen LogP contribution is -2.56. The molecule has 1 atom stereocenters. The number of urea groups is 1.